The number of alkyl halides is 3. The SMILES string of the molecule is CN=C(NCCc1cn2ccccc2n1)NCc1ccc(C)cc1OCC(F)(F)F. The van der Waals surface area contributed by atoms with Crippen LogP contribution in [0.15, 0.2) is 53.8 Å². The topological polar surface area (TPSA) is 63.0 Å². The first kappa shape index (κ1) is 21.5. The van der Waals surface area contributed by atoms with Crippen LogP contribution in [0.5, 0.6) is 5.75 Å². The maximum atomic E-state index is 12.5. The van der Waals surface area contributed by atoms with Crippen LogP contribution in [0.1, 0.15) is 16.8 Å². The number of aliphatic imine (C=N–C) groups is 1. The number of nitrogens with one attached hydrogen (secondary N) is 2. The van der Waals surface area contributed by atoms with Gasteiger partial charge >= 0.3 is 6.18 Å². The zero-order valence-corrected chi connectivity index (χ0v) is 16.8. The third-order valence-electron chi connectivity index (χ3n) is 4.37. The number of pyridine rings is 1. The highest BCUT2D eigenvalue weighted by Gasteiger charge is 2.28. The molecule has 2 heterocycles. The first-order valence-corrected chi connectivity index (χ1v) is 9.50. The Kier molecular flexibility index (Phi) is 6.81. The minimum Gasteiger partial charge on any atom is -0.484 e. The van der Waals surface area contributed by atoms with E-state index in [2.05, 4.69) is 20.6 Å². The fourth-order valence-corrected chi connectivity index (χ4v) is 2.92. The number of fused-ring (bicyclic) bond motifs is 1. The van der Waals surface area contributed by atoms with Gasteiger partial charge in [0, 0.05) is 44.5 Å². The maximum absolute atomic E-state index is 12.5. The Labute approximate surface area is 172 Å². The van der Waals surface area contributed by atoms with Gasteiger partial charge in [0.2, 0.25) is 0 Å². The Morgan fingerprint density at radius 3 is 2.77 bits per heavy atom. The fraction of sp³-hybridized carbons (Fsp3) is 0.333. The predicted octanol–water partition coefficient (Wildman–Crippen LogP) is 3.49. The first-order chi connectivity index (χ1) is 14.3. The van der Waals surface area contributed by atoms with Crippen molar-refractivity contribution < 1.29 is 17.9 Å². The standard InChI is InChI=1S/C21H24F3N5O/c1-15-6-7-16(18(11-15)30-14-21(22,23)24)12-27-20(25-2)26-9-8-17-13-29-10-4-3-5-19(29)28-17/h3-7,10-11,13H,8-9,12,14H2,1-2H3,(H2,25,26,27). The van der Waals surface area contributed by atoms with Crippen molar-refractivity contribution in [3.63, 3.8) is 0 Å². The fourth-order valence-electron chi connectivity index (χ4n) is 2.92. The second-order valence-corrected chi connectivity index (χ2v) is 6.82. The molecule has 0 aliphatic heterocycles. The van der Waals surface area contributed by atoms with Gasteiger partial charge in [-0.25, -0.2) is 4.98 Å². The third kappa shape index (κ3) is 6.13. The van der Waals surface area contributed by atoms with Crippen LogP contribution in [-0.2, 0) is 13.0 Å². The lowest BCUT2D eigenvalue weighted by molar-refractivity contribution is -0.153. The highest BCUT2D eigenvalue weighted by atomic mass is 19.4. The summed E-state index contributed by atoms with van der Waals surface area (Å²) in [5.41, 5.74) is 3.28. The second kappa shape index (κ2) is 9.51. The maximum Gasteiger partial charge on any atom is 0.422 e. The quantitative estimate of drug-likeness (QED) is 0.455. The van der Waals surface area contributed by atoms with Crippen molar-refractivity contribution in [1.29, 1.82) is 0 Å². The predicted molar refractivity (Wildman–Crippen MR) is 110 cm³/mol. The minimum absolute atomic E-state index is 0.208. The van der Waals surface area contributed by atoms with Gasteiger partial charge in [0.25, 0.3) is 0 Å². The summed E-state index contributed by atoms with van der Waals surface area (Å²) in [6.07, 6.45) is 0.236. The van der Waals surface area contributed by atoms with Crippen molar-refractivity contribution in [3.05, 3.63) is 65.6 Å². The molecule has 0 saturated heterocycles. The van der Waals surface area contributed by atoms with E-state index in [1.54, 1.807) is 26.1 Å². The van der Waals surface area contributed by atoms with Crippen molar-refractivity contribution in [2.75, 3.05) is 20.2 Å². The van der Waals surface area contributed by atoms with Gasteiger partial charge in [-0.3, -0.25) is 4.99 Å². The van der Waals surface area contributed by atoms with E-state index in [9.17, 15) is 13.2 Å². The molecule has 30 heavy (non-hydrogen) atoms. The highest BCUT2D eigenvalue weighted by Crippen LogP contribution is 2.23. The third-order valence-corrected chi connectivity index (χ3v) is 4.37. The molecule has 0 aliphatic carbocycles. The molecule has 0 unspecified atom stereocenters. The molecule has 2 N–H and O–H groups in total. The Morgan fingerprint density at radius 1 is 1.20 bits per heavy atom. The van der Waals surface area contributed by atoms with Gasteiger partial charge in [-0.05, 0) is 30.7 Å². The van der Waals surface area contributed by atoms with E-state index in [1.165, 1.54) is 0 Å². The van der Waals surface area contributed by atoms with E-state index >= 15 is 0 Å². The number of guanidine groups is 1. The summed E-state index contributed by atoms with van der Waals surface area (Å²) in [6, 6.07) is 11.0. The van der Waals surface area contributed by atoms with Crippen molar-refractivity contribution in [1.82, 2.24) is 20.0 Å². The number of halogens is 3. The molecular formula is C21H24F3N5O. The van der Waals surface area contributed by atoms with Crippen LogP contribution in [0.3, 0.4) is 0 Å². The molecule has 2 aromatic heterocycles. The second-order valence-electron chi connectivity index (χ2n) is 6.82. The average molecular weight is 419 g/mol. The summed E-state index contributed by atoms with van der Waals surface area (Å²) in [5.74, 6) is 0.751. The van der Waals surface area contributed by atoms with Crippen LogP contribution in [0.4, 0.5) is 13.2 Å². The van der Waals surface area contributed by atoms with Gasteiger partial charge < -0.3 is 19.8 Å². The average Bonchev–Trinajstić information content (AvgIpc) is 3.12. The molecule has 0 radical (unpaired) electrons. The number of rotatable bonds is 7. The smallest absolute Gasteiger partial charge is 0.422 e. The lowest BCUT2D eigenvalue weighted by Crippen LogP contribution is -2.38. The summed E-state index contributed by atoms with van der Waals surface area (Å²) in [5, 5.41) is 6.30. The number of imidazole rings is 1. The number of ether oxygens (including phenoxy) is 1. The Morgan fingerprint density at radius 2 is 2.03 bits per heavy atom. The van der Waals surface area contributed by atoms with Crippen LogP contribution in [0.2, 0.25) is 0 Å². The molecule has 1 aromatic carbocycles. The van der Waals surface area contributed by atoms with E-state index < -0.39 is 12.8 Å². The summed E-state index contributed by atoms with van der Waals surface area (Å²) < 4.78 is 44.5. The largest absolute Gasteiger partial charge is 0.484 e. The van der Waals surface area contributed by atoms with E-state index in [0.29, 0.717) is 24.5 Å². The molecule has 0 fully saturated rings. The zero-order chi connectivity index (χ0) is 21.6. The van der Waals surface area contributed by atoms with E-state index in [-0.39, 0.29) is 12.3 Å². The summed E-state index contributed by atoms with van der Waals surface area (Å²) in [6.45, 7) is 1.36. The van der Waals surface area contributed by atoms with E-state index in [1.807, 2.05) is 41.1 Å². The van der Waals surface area contributed by atoms with Gasteiger partial charge in [-0.15, -0.1) is 0 Å². The van der Waals surface area contributed by atoms with Crippen molar-refractivity contribution in [3.8, 4) is 5.75 Å². The number of nitrogens with zero attached hydrogens (tertiary/aromatic N) is 3. The zero-order valence-electron chi connectivity index (χ0n) is 16.8. The Hall–Kier alpha value is -3.23. The Balaban J connectivity index is 1.53. The van der Waals surface area contributed by atoms with Gasteiger partial charge in [0.15, 0.2) is 12.6 Å². The monoisotopic (exact) mass is 419 g/mol. The van der Waals surface area contributed by atoms with Crippen molar-refractivity contribution >= 4 is 11.6 Å². The summed E-state index contributed by atoms with van der Waals surface area (Å²) in [7, 11) is 1.64. The van der Waals surface area contributed by atoms with Crippen molar-refractivity contribution in [2.45, 2.75) is 26.1 Å². The molecule has 0 amide bonds. The lowest BCUT2D eigenvalue weighted by atomic mass is 10.1. The molecule has 0 saturated carbocycles. The van der Waals surface area contributed by atoms with Crippen LogP contribution in [-0.4, -0.2) is 41.7 Å². The molecule has 6 nitrogen and oxygen atoms in total. The van der Waals surface area contributed by atoms with Crippen molar-refractivity contribution in [2.24, 2.45) is 4.99 Å². The lowest BCUT2D eigenvalue weighted by Gasteiger charge is -2.16. The number of hydrogen-bond acceptors (Lipinski definition) is 3. The minimum atomic E-state index is -4.38. The van der Waals surface area contributed by atoms with Crippen LogP contribution in [0.25, 0.3) is 5.65 Å². The van der Waals surface area contributed by atoms with Gasteiger partial charge in [0.1, 0.15) is 11.4 Å². The highest BCUT2D eigenvalue weighted by molar-refractivity contribution is 5.79. The summed E-state index contributed by atoms with van der Waals surface area (Å²) >= 11 is 0. The molecule has 9 heteroatoms. The molecule has 0 spiro atoms. The molecular weight excluding hydrogens is 395 g/mol. The normalized spacial score (nSPS) is 12.2. The first-order valence-electron chi connectivity index (χ1n) is 9.50. The molecule has 3 aromatic rings. The number of aryl methyl sites for hydroxylation is 1. The summed E-state index contributed by atoms with van der Waals surface area (Å²) in [4.78, 5) is 8.70. The van der Waals surface area contributed by atoms with Crippen LogP contribution < -0.4 is 15.4 Å². The van der Waals surface area contributed by atoms with Gasteiger partial charge in [-0.1, -0.05) is 18.2 Å². The molecule has 160 valence electrons. The van der Waals surface area contributed by atoms with E-state index in [0.717, 1.165) is 16.9 Å². The molecule has 0 bridgehead atoms. The molecule has 0 aliphatic rings. The van der Waals surface area contributed by atoms with Gasteiger partial charge in [-0.2, -0.15) is 13.2 Å². The number of aromatic nitrogens is 2. The number of benzene rings is 1. The molecule has 0 atom stereocenters. The molecule has 3 rings (SSSR count). The van der Waals surface area contributed by atoms with Gasteiger partial charge in [0.05, 0.1) is 5.69 Å². The number of hydrogen-bond donors (Lipinski definition) is 2. The van der Waals surface area contributed by atoms with Crippen LogP contribution >= 0.6 is 0 Å². The van der Waals surface area contributed by atoms with E-state index in [4.69, 9.17) is 4.74 Å². The Bertz CT molecular complexity index is 980. The van der Waals surface area contributed by atoms with Crippen LogP contribution in [0, 0.1) is 6.92 Å².